The van der Waals surface area contributed by atoms with E-state index in [0.29, 0.717) is 12.6 Å². The van der Waals surface area contributed by atoms with Crippen molar-refractivity contribution in [1.29, 1.82) is 0 Å². The second-order valence-electron chi connectivity index (χ2n) is 9.72. The van der Waals surface area contributed by atoms with Crippen LogP contribution >= 0.6 is 11.8 Å². The van der Waals surface area contributed by atoms with Crippen molar-refractivity contribution >= 4 is 23.4 Å². The molecule has 2 aromatic rings. The van der Waals surface area contributed by atoms with Crippen LogP contribution in [0.3, 0.4) is 0 Å². The molecule has 1 aliphatic heterocycles. The van der Waals surface area contributed by atoms with E-state index in [1.807, 2.05) is 41.5 Å². The minimum Gasteiger partial charge on any atom is -0.391 e. The highest BCUT2D eigenvalue weighted by Crippen LogP contribution is 2.37. The zero-order chi connectivity index (χ0) is 34.4. The number of halogens is 6. The first-order chi connectivity index (χ1) is 20.4. The number of alkyl halides is 6. The fraction of sp³-hybridized carbons (Fsp3) is 0.429. The van der Waals surface area contributed by atoms with Crippen LogP contribution in [0.25, 0.3) is 11.6 Å². The molecule has 1 aliphatic rings. The Morgan fingerprint density at radius 1 is 0.955 bits per heavy atom. The second-order valence-corrected chi connectivity index (χ2v) is 11.1. The number of aliphatic hydroxyl groups is 1. The van der Waals surface area contributed by atoms with E-state index in [1.54, 1.807) is 11.8 Å². The van der Waals surface area contributed by atoms with Crippen LogP contribution in [0.15, 0.2) is 71.6 Å². The van der Waals surface area contributed by atoms with Crippen LogP contribution < -0.4 is 0 Å². The Bertz CT molecular complexity index is 1280. The van der Waals surface area contributed by atoms with Gasteiger partial charge in [-0.05, 0) is 79.0 Å². The molecule has 1 atom stereocenters. The summed E-state index contributed by atoms with van der Waals surface area (Å²) in [6.07, 6.45) is -6.78. The zero-order valence-electron chi connectivity index (χ0n) is 27.1. The molecule has 9 heteroatoms. The van der Waals surface area contributed by atoms with Gasteiger partial charge in [-0.15, -0.1) is 0 Å². The monoisotopic (exact) mass is 643 g/mol. The molecule has 0 aromatic heterocycles. The third-order valence-corrected chi connectivity index (χ3v) is 7.17. The number of β-amino-alcohol motifs (C(OH)–C–C–N with tert-alkyl or cyclic N) is 1. The minimum absolute atomic E-state index is 0.0347. The van der Waals surface area contributed by atoms with Crippen LogP contribution in [-0.2, 0) is 18.8 Å². The van der Waals surface area contributed by atoms with Crippen molar-refractivity contribution in [3.63, 3.8) is 0 Å². The molecule has 0 bridgehead atoms. The van der Waals surface area contributed by atoms with E-state index < -0.39 is 23.5 Å². The summed E-state index contributed by atoms with van der Waals surface area (Å²) in [6, 6.07) is 8.09. The van der Waals surface area contributed by atoms with Crippen molar-refractivity contribution in [3.05, 3.63) is 105 Å². The minimum atomic E-state index is -4.76. The van der Waals surface area contributed by atoms with E-state index >= 15 is 0 Å². The summed E-state index contributed by atoms with van der Waals surface area (Å²) in [5, 5.41) is 9.79. The fourth-order valence-corrected chi connectivity index (χ4v) is 5.05. The fourth-order valence-electron chi connectivity index (χ4n) is 4.23. The van der Waals surface area contributed by atoms with Gasteiger partial charge < -0.3 is 10.0 Å². The molecule has 0 saturated carbocycles. The van der Waals surface area contributed by atoms with E-state index in [-0.39, 0.29) is 24.2 Å². The Hall–Kier alpha value is -2.91. The second kappa shape index (κ2) is 18.8. The number of aryl methyl sites for hydroxylation is 2. The van der Waals surface area contributed by atoms with Gasteiger partial charge in [-0.1, -0.05) is 96.0 Å². The highest BCUT2D eigenvalue weighted by atomic mass is 32.2. The van der Waals surface area contributed by atoms with Gasteiger partial charge in [0.2, 0.25) is 0 Å². The number of rotatable bonds is 7. The van der Waals surface area contributed by atoms with Gasteiger partial charge in [0.15, 0.2) is 0 Å². The lowest BCUT2D eigenvalue weighted by atomic mass is 10.00. The summed E-state index contributed by atoms with van der Waals surface area (Å²) in [4.78, 5) is 4.26. The number of thioether (sulfide) groups is 1. The van der Waals surface area contributed by atoms with E-state index in [9.17, 15) is 31.4 Å². The first kappa shape index (κ1) is 41.1. The van der Waals surface area contributed by atoms with Gasteiger partial charge in [-0.2, -0.15) is 26.3 Å². The van der Waals surface area contributed by atoms with Crippen LogP contribution in [0.4, 0.5) is 26.3 Å². The van der Waals surface area contributed by atoms with Crippen LogP contribution in [0, 0.1) is 6.92 Å². The number of likely N-dealkylation sites (tertiary alicyclic amines) is 1. The standard InChI is InChI=1S/C21H27NOS.C10H8F6.2C2H6/c1-14(2)20-8-7-18(11-16(20)5)12-21(24-15(3)4)17(6)22-10-9-19(23)13-22;1-2-6-3-4-7(9(11,12)13)5-8(6)10(14,15)16;2*1-2/h7-8,11-12,19,23H,1,3,6,9-10,13H2,2,4-5H3;3-5H,2H2,1H3;2*1-2H3/b21-12-;;;. The van der Waals surface area contributed by atoms with Crippen LogP contribution in [0.2, 0.25) is 0 Å². The van der Waals surface area contributed by atoms with E-state index in [1.165, 1.54) is 18.1 Å². The number of aliphatic hydroxyl groups excluding tert-OH is 1. The van der Waals surface area contributed by atoms with Gasteiger partial charge in [-0.25, -0.2) is 0 Å². The van der Waals surface area contributed by atoms with Gasteiger partial charge in [-0.3, -0.25) is 0 Å². The topological polar surface area (TPSA) is 23.5 Å². The third kappa shape index (κ3) is 13.0. The molecule has 246 valence electrons. The molecule has 1 saturated heterocycles. The lowest BCUT2D eigenvalue weighted by molar-refractivity contribution is -0.143. The first-order valence-electron chi connectivity index (χ1n) is 14.6. The maximum Gasteiger partial charge on any atom is 0.416 e. The predicted octanol–water partition coefficient (Wildman–Crippen LogP) is 11.6. The Kier molecular flexibility index (Phi) is 17.6. The summed E-state index contributed by atoms with van der Waals surface area (Å²) in [6.45, 7) is 29.4. The van der Waals surface area contributed by atoms with Crippen molar-refractivity contribution in [1.82, 2.24) is 4.90 Å². The first-order valence-corrected chi connectivity index (χ1v) is 15.5. The van der Waals surface area contributed by atoms with Gasteiger partial charge in [0, 0.05) is 23.7 Å². The maximum atomic E-state index is 12.4. The number of allylic oxidation sites excluding steroid dienone is 2. The largest absolute Gasteiger partial charge is 0.416 e. The van der Waals surface area contributed by atoms with Crippen molar-refractivity contribution < 1.29 is 31.4 Å². The molecule has 1 N–H and O–H groups in total. The molecular formula is C35H47F6NOS. The van der Waals surface area contributed by atoms with Crippen molar-refractivity contribution in [2.75, 3.05) is 13.1 Å². The lowest BCUT2D eigenvalue weighted by Crippen LogP contribution is -2.21. The molecule has 1 fully saturated rings. The molecule has 0 spiro atoms. The summed E-state index contributed by atoms with van der Waals surface area (Å²) in [7, 11) is 0. The predicted molar refractivity (Wildman–Crippen MR) is 176 cm³/mol. The van der Waals surface area contributed by atoms with Gasteiger partial charge in [0.1, 0.15) is 0 Å². The zero-order valence-corrected chi connectivity index (χ0v) is 28.0. The molecule has 1 heterocycles. The molecule has 3 rings (SSSR count). The molecule has 2 nitrogen and oxygen atoms in total. The SMILES string of the molecule is C=C(C)S/C(=C\c1ccc(C(=C)C)c(C)c1)C(=C)N1CCC(O)C1.CC.CC.CCc1ccc(C(F)(F)F)cc1C(F)(F)F. The molecule has 0 aliphatic carbocycles. The van der Waals surface area contributed by atoms with Crippen molar-refractivity contribution in [2.45, 2.75) is 86.7 Å². The highest BCUT2D eigenvalue weighted by molar-refractivity contribution is 8.07. The lowest BCUT2D eigenvalue weighted by Gasteiger charge is -2.23. The summed E-state index contributed by atoms with van der Waals surface area (Å²) in [5.74, 6) is 0. The molecular weight excluding hydrogens is 596 g/mol. The van der Waals surface area contributed by atoms with Crippen LogP contribution in [-0.4, -0.2) is 29.2 Å². The average molecular weight is 644 g/mol. The molecule has 44 heavy (non-hydrogen) atoms. The van der Waals surface area contributed by atoms with Crippen molar-refractivity contribution in [2.24, 2.45) is 0 Å². The molecule has 0 radical (unpaired) electrons. The number of benzene rings is 2. The Labute approximate surface area is 264 Å². The van der Waals surface area contributed by atoms with Gasteiger partial charge in [0.05, 0.1) is 17.2 Å². The van der Waals surface area contributed by atoms with Crippen LogP contribution in [0.5, 0.6) is 0 Å². The number of nitrogens with zero attached hydrogens (tertiary/aromatic N) is 1. The van der Waals surface area contributed by atoms with E-state index in [4.69, 9.17) is 0 Å². The number of hydrogen-bond donors (Lipinski definition) is 1. The maximum absolute atomic E-state index is 12.4. The van der Waals surface area contributed by atoms with Crippen molar-refractivity contribution in [3.8, 4) is 0 Å². The van der Waals surface area contributed by atoms with Gasteiger partial charge in [0.25, 0.3) is 0 Å². The molecule has 2 aromatic carbocycles. The van der Waals surface area contributed by atoms with Gasteiger partial charge >= 0.3 is 12.4 Å². The van der Waals surface area contributed by atoms with E-state index in [0.717, 1.165) is 45.7 Å². The van der Waals surface area contributed by atoms with Crippen LogP contribution in [0.1, 0.15) is 88.3 Å². The summed E-state index contributed by atoms with van der Waals surface area (Å²) >= 11 is 1.63. The molecule has 0 amide bonds. The van der Waals surface area contributed by atoms with E-state index in [2.05, 4.69) is 55.8 Å². The average Bonchev–Trinajstić information content (AvgIpc) is 3.39. The Morgan fingerprint density at radius 2 is 1.55 bits per heavy atom. The smallest absolute Gasteiger partial charge is 0.391 e. The quantitative estimate of drug-likeness (QED) is 0.240. The Balaban J connectivity index is 0.000000804. The highest BCUT2D eigenvalue weighted by Gasteiger charge is 2.37. The third-order valence-electron chi connectivity index (χ3n) is 6.25. The summed E-state index contributed by atoms with van der Waals surface area (Å²) in [5.41, 5.74) is 2.96. The molecule has 1 unspecified atom stereocenters. The Morgan fingerprint density at radius 3 is 1.95 bits per heavy atom. The summed E-state index contributed by atoms with van der Waals surface area (Å²) < 4.78 is 74.0. The number of hydrogen-bond acceptors (Lipinski definition) is 3. The normalized spacial score (nSPS) is 14.8.